The molecule has 2 rings (SSSR count). The standard InChI is InChI=1S/C14H9F3INO2/c15-14(16,17)21-10-5-3-4-9(8-10)19-13(20)11-6-1-2-7-12(11)18/h1-8H,(H,19,20). The normalized spacial score (nSPS) is 11.0. The maximum Gasteiger partial charge on any atom is 0.573 e. The first kappa shape index (κ1) is 15.6. The van der Waals surface area contributed by atoms with Gasteiger partial charge in [-0.3, -0.25) is 4.79 Å². The van der Waals surface area contributed by atoms with Crippen molar-refractivity contribution in [3.63, 3.8) is 0 Å². The SMILES string of the molecule is O=C(Nc1cccc(OC(F)(F)F)c1)c1ccccc1I. The molecular weight excluding hydrogens is 398 g/mol. The molecule has 0 radical (unpaired) electrons. The number of halogens is 4. The highest BCUT2D eigenvalue weighted by molar-refractivity contribution is 14.1. The second-order valence-corrected chi connectivity index (χ2v) is 5.17. The topological polar surface area (TPSA) is 38.3 Å². The van der Waals surface area contributed by atoms with Crippen LogP contribution in [-0.4, -0.2) is 12.3 Å². The van der Waals surface area contributed by atoms with Crippen LogP contribution in [0, 0.1) is 3.57 Å². The van der Waals surface area contributed by atoms with Crippen molar-refractivity contribution in [2.45, 2.75) is 6.36 Å². The summed E-state index contributed by atoms with van der Waals surface area (Å²) in [6, 6.07) is 12.0. The third-order valence-corrected chi connectivity index (χ3v) is 3.38. The number of hydrogen-bond acceptors (Lipinski definition) is 2. The molecule has 2 aromatic carbocycles. The lowest BCUT2D eigenvalue weighted by Crippen LogP contribution is -2.17. The molecule has 0 aliphatic heterocycles. The average Bonchev–Trinajstić information content (AvgIpc) is 2.37. The molecule has 0 aromatic heterocycles. The van der Waals surface area contributed by atoms with E-state index in [0.717, 1.165) is 15.7 Å². The summed E-state index contributed by atoms with van der Waals surface area (Å²) in [7, 11) is 0. The first-order chi connectivity index (χ1) is 9.85. The van der Waals surface area contributed by atoms with Gasteiger partial charge < -0.3 is 10.1 Å². The quantitative estimate of drug-likeness (QED) is 0.765. The molecule has 1 amide bonds. The fourth-order valence-corrected chi connectivity index (χ4v) is 2.25. The lowest BCUT2D eigenvalue weighted by Gasteiger charge is -2.11. The maximum absolute atomic E-state index is 12.1. The van der Waals surface area contributed by atoms with Crippen LogP contribution in [-0.2, 0) is 0 Å². The molecule has 0 fully saturated rings. The van der Waals surface area contributed by atoms with Crippen LogP contribution in [0.2, 0.25) is 0 Å². The number of carbonyl (C=O) groups is 1. The van der Waals surface area contributed by atoms with Crippen molar-refractivity contribution in [2.75, 3.05) is 5.32 Å². The summed E-state index contributed by atoms with van der Waals surface area (Å²) in [5.74, 6) is -0.785. The zero-order valence-electron chi connectivity index (χ0n) is 10.4. The molecular formula is C14H9F3INO2. The number of ether oxygens (including phenoxy) is 1. The van der Waals surface area contributed by atoms with Crippen LogP contribution in [0.4, 0.5) is 18.9 Å². The Bertz CT molecular complexity index is 659. The van der Waals surface area contributed by atoms with Crippen molar-refractivity contribution >= 4 is 34.2 Å². The lowest BCUT2D eigenvalue weighted by atomic mass is 10.2. The summed E-state index contributed by atoms with van der Waals surface area (Å²) in [5.41, 5.74) is 0.668. The first-order valence-electron chi connectivity index (χ1n) is 5.77. The van der Waals surface area contributed by atoms with Crippen LogP contribution in [0.15, 0.2) is 48.5 Å². The van der Waals surface area contributed by atoms with Gasteiger partial charge in [0.25, 0.3) is 5.91 Å². The van der Waals surface area contributed by atoms with Gasteiger partial charge in [0.05, 0.1) is 5.56 Å². The highest BCUT2D eigenvalue weighted by Gasteiger charge is 2.31. The highest BCUT2D eigenvalue weighted by Crippen LogP contribution is 2.25. The van der Waals surface area contributed by atoms with Crippen molar-refractivity contribution in [2.24, 2.45) is 0 Å². The van der Waals surface area contributed by atoms with E-state index in [1.54, 1.807) is 24.3 Å². The zero-order valence-corrected chi connectivity index (χ0v) is 12.6. The number of alkyl halides is 3. The lowest BCUT2D eigenvalue weighted by molar-refractivity contribution is -0.274. The summed E-state index contributed by atoms with van der Waals surface area (Å²) >= 11 is 2.01. The molecule has 3 nitrogen and oxygen atoms in total. The van der Waals surface area contributed by atoms with E-state index in [9.17, 15) is 18.0 Å². The van der Waals surface area contributed by atoms with Gasteiger partial charge in [0.1, 0.15) is 5.75 Å². The summed E-state index contributed by atoms with van der Waals surface area (Å²) in [6.45, 7) is 0. The number of anilines is 1. The summed E-state index contributed by atoms with van der Waals surface area (Å²) < 4.78 is 41.0. The third kappa shape index (κ3) is 4.62. The Balaban J connectivity index is 2.15. The minimum atomic E-state index is -4.77. The van der Waals surface area contributed by atoms with E-state index in [4.69, 9.17) is 0 Å². The second-order valence-electron chi connectivity index (χ2n) is 4.01. The monoisotopic (exact) mass is 407 g/mol. The number of carbonyl (C=O) groups excluding carboxylic acids is 1. The largest absolute Gasteiger partial charge is 0.573 e. The molecule has 0 aliphatic carbocycles. The van der Waals surface area contributed by atoms with Crippen molar-refractivity contribution in [1.82, 2.24) is 0 Å². The van der Waals surface area contributed by atoms with Gasteiger partial charge in [-0.05, 0) is 46.9 Å². The number of benzene rings is 2. The maximum atomic E-state index is 12.1. The first-order valence-corrected chi connectivity index (χ1v) is 6.85. The van der Waals surface area contributed by atoms with Gasteiger partial charge in [0.2, 0.25) is 0 Å². The van der Waals surface area contributed by atoms with Crippen LogP contribution >= 0.6 is 22.6 Å². The van der Waals surface area contributed by atoms with E-state index >= 15 is 0 Å². The van der Waals surface area contributed by atoms with Crippen LogP contribution in [0.5, 0.6) is 5.75 Å². The molecule has 0 atom stereocenters. The Kier molecular flexibility index (Phi) is 4.71. The minimum Gasteiger partial charge on any atom is -0.406 e. The Morgan fingerprint density at radius 3 is 2.48 bits per heavy atom. The van der Waals surface area contributed by atoms with E-state index in [1.165, 1.54) is 12.1 Å². The number of rotatable bonds is 3. The Hall–Kier alpha value is -1.77. The van der Waals surface area contributed by atoms with Crippen LogP contribution in [0.3, 0.4) is 0 Å². The molecule has 0 bridgehead atoms. The molecule has 21 heavy (non-hydrogen) atoms. The van der Waals surface area contributed by atoms with Gasteiger partial charge in [-0.25, -0.2) is 0 Å². The molecule has 0 saturated carbocycles. The molecule has 0 spiro atoms. The molecule has 0 unspecified atom stereocenters. The predicted octanol–water partition coefficient (Wildman–Crippen LogP) is 4.44. The van der Waals surface area contributed by atoms with Crippen molar-refractivity contribution < 1.29 is 22.7 Å². The number of amides is 1. The van der Waals surface area contributed by atoms with Gasteiger partial charge in [-0.15, -0.1) is 13.2 Å². The van der Waals surface area contributed by atoms with E-state index in [-0.39, 0.29) is 11.4 Å². The van der Waals surface area contributed by atoms with E-state index in [1.807, 2.05) is 22.6 Å². The fourth-order valence-electron chi connectivity index (χ4n) is 1.61. The van der Waals surface area contributed by atoms with Gasteiger partial charge in [-0.2, -0.15) is 0 Å². The van der Waals surface area contributed by atoms with Gasteiger partial charge in [0.15, 0.2) is 0 Å². The highest BCUT2D eigenvalue weighted by atomic mass is 127. The Labute approximate surface area is 132 Å². The summed E-state index contributed by atoms with van der Waals surface area (Å²) in [6.07, 6.45) is -4.77. The third-order valence-electron chi connectivity index (χ3n) is 2.44. The molecule has 1 N–H and O–H groups in total. The molecule has 110 valence electrons. The second kappa shape index (κ2) is 6.33. The summed E-state index contributed by atoms with van der Waals surface area (Å²) in [4.78, 5) is 12.1. The summed E-state index contributed by atoms with van der Waals surface area (Å²) in [5, 5.41) is 2.53. The van der Waals surface area contributed by atoms with Crippen LogP contribution in [0.25, 0.3) is 0 Å². The molecule has 0 heterocycles. The minimum absolute atomic E-state index is 0.224. The van der Waals surface area contributed by atoms with E-state index in [0.29, 0.717) is 5.56 Å². The van der Waals surface area contributed by atoms with Crippen LogP contribution in [0.1, 0.15) is 10.4 Å². The Morgan fingerprint density at radius 1 is 1.10 bits per heavy atom. The van der Waals surface area contributed by atoms with E-state index < -0.39 is 12.3 Å². The van der Waals surface area contributed by atoms with Gasteiger partial charge in [-0.1, -0.05) is 18.2 Å². The molecule has 7 heteroatoms. The predicted molar refractivity (Wildman–Crippen MR) is 80.2 cm³/mol. The van der Waals surface area contributed by atoms with Crippen LogP contribution < -0.4 is 10.1 Å². The Morgan fingerprint density at radius 2 is 1.81 bits per heavy atom. The van der Waals surface area contributed by atoms with Gasteiger partial charge in [0, 0.05) is 15.3 Å². The van der Waals surface area contributed by atoms with Crippen molar-refractivity contribution in [1.29, 1.82) is 0 Å². The van der Waals surface area contributed by atoms with E-state index in [2.05, 4.69) is 10.1 Å². The van der Waals surface area contributed by atoms with Gasteiger partial charge >= 0.3 is 6.36 Å². The molecule has 2 aromatic rings. The fraction of sp³-hybridized carbons (Fsp3) is 0.0714. The zero-order chi connectivity index (χ0) is 15.5. The average molecular weight is 407 g/mol. The smallest absolute Gasteiger partial charge is 0.406 e. The number of hydrogen-bond donors (Lipinski definition) is 1. The molecule has 0 saturated heterocycles. The molecule has 0 aliphatic rings. The number of nitrogens with one attached hydrogen (secondary N) is 1. The van der Waals surface area contributed by atoms with Crippen molar-refractivity contribution in [3.05, 3.63) is 57.7 Å². The van der Waals surface area contributed by atoms with Crippen molar-refractivity contribution in [3.8, 4) is 5.75 Å².